The van der Waals surface area contributed by atoms with E-state index in [0.717, 1.165) is 42.7 Å². The van der Waals surface area contributed by atoms with Crippen molar-refractivity contribution in [3.8, 4) is 11.1 Å². The molecule has 3 heterocycles. The van der Waals surface area contributed by atoms with Crippen molar-refractivity contribution in [3.63, 3.8) is 0 Å². The average Bonchev–Trinajstić information content (AvgIpc) is 1.52. The molecule has 0 amide bonds. The maximum Gasteiger partial charge on any atom is 0.254 e. The molecule has 5 heteroatoms. The van der Waals surface area contributed by atoms with Gasteiger partial charge in [-0.2, -0.15) is 0 Å². The predicted octanol–water partition coefficient (Wildman–Crippen LogP) is 23.2. The fraction of sp³-hybridized carbons (Fsp3) is 0.372. The van der Waals surface area contributed by atoms with E-state index in [1.54, 1.807) is 0 Å². The van der Waals surface area contributed by atoms with Gasteiger partial charge >= 0.3 is 0 Å². The minimum Gasteiger partial charge on any atom is -0.311 e. The lowest BCUT2D eigenvalue weighted by molar-refractivity contribution is 0.332. The molecule has 0 spiro atoms. The van der Waals surface area contributed by atoms with Crippen molar-refractivity contribution in [2.75, 3.05) is 14.7 Å². The van der Waals surface area contributed by atoms with Crippen LogP contribution < -0.4 is 31.1 Å². The summed E-state index contributed by atoms with van der Waals surface area (Å²) in [6, 6.07) is 68.0. The summed E-state index contributed by atoms with van der Waals surface area (Å²) in [4.78, 5) is 8.06. The van der Waals surface area contributed by atoms with Crippen LogP contribution in [0.4, 0.5) is 51.2 Å². The van der Waals surface area contributed by atoms with Gasteiger partial charge in [0, 0.05) is 65.5 Å². The molecule has 4 aliphatic rings. The van der Waals surface area contributed by atoms with E-state index >= 15 is 0 Å². The van der Waals surface area contributed by atoms with E-state index in [-0.39, 0.29) is 50.0 Å². The highest BCUT2D eigenvalue weighted by atomic mass is 32.1. The molecule has 0 bridgehead atoms. The molecule has 14 rings (SSSR count). The van der Waals surface area contributed by atoms with E-state index in [4.69, 9.17) is 0 Å². The molecule has 0 unspecified atom stereocenters. The van der Waals surface area contributed by atoms with Gasteiger partial charge in [0.2, 0.25) is 0 Å². The molecule has 0 saturated carbocycles. The smallest absolute Gasteiger partial charge is 0.254 e. The van der Waals surface area contributed by atoms with Gasteiger partial charge in [0.1, 0.15) is 0 Å². The Kier molecular flexibility index (Phi) is 13.8. The maximum absolute atomic E-state index is 2.76. The van der Waals surface area contributed by atoms with Gasteiger partial charge in [0.05, 0.1) is 11.4 Å². The zero-order valence-electron chi connectivity index (χ0n) is 58.3. The quantitative estimate of drug-likeness (QED) is 0.154. The van der Waals surface area contributed by atoms with Gasteiger partial charge in [-0.1, -0.05) is 229 Å². The maximum atomic E-state index is 2.76. The van der Waals surface area contributed by atoms with E-state index in [2.05, 4.69) is 323 Å². The summed E-state index contributed by atoms with van der Waals surface area (Å²) < 4.78 is 2.72. The third-order valence-corrected chi connectivity index (χ3v) is 23.2. The Hall–Kier alpha value is -7.34. The molecular formula is C86H96BN3S. The van der Waals surface area contributed by atoms with Gasteiger partial charge in [0.15, 0.2) is 0 Å². The summed E-state index contributed by atoms with van der Waals surface area (Å²) in [5, 5.41) is 2.74. The zero-order chi connectivity index (χ0) is 64.7. The Morgan fingerprint density at radius 3 is 1.47 bits per heavy atom. The van der Waals surface area contributed by atoms with Gasteiger partial charge in [-0.15, -0.1) is 11.3 Å². The lowest BCUT2D eigenvalue weighted by Gasteiger charge is -2.48. The summed E-state index contributed by atoms with van der Waals surface area (Å²) in [5.74, 6) is 0. The third-order valence-electron chi connectivity index (χ3n) is 22.0. The molecule has 0 fully saturated rings. The minimum atomic E-state index is -0.120. The Morgan fingerprint density at radius 1 is 0.396 bits per heavy atom. The topological polar surface area (TPSA) is 9.72 Å². The Bertz CT molecular complexity index is 4500. The Morgan fingerprint density at radius 2 is 0.912 bits per heavy atom. The van der Waals surface area contributed by atoms with E-state index in [9.17, 15) is 0 Å². The van der Waals surface area contributed by atoms with Crippen molar-refractivity contribution >= 4 is 106 Å². The molecule has 0 N–H and O–H groups in total. The van der Waals surface area contributed by atoms with Crippen molar-refractivity contribution in [1.29, 1.82) is 0 Å². The largest absolute Gasteiger partial charge is 0.311 e. The second-order valence-electron chi connectivity index (χ2n) is 34.4. The first-order valence-corrected chi connectivity index (χ1v) is 34.8. The number of rotatable bonds is 6. The van der Waals surface area contributed by atoms with Crippen molar-refractivity contribution in [1.82, 2.24) is 0 Å². The standard InChI is InChI=1S/C86H96BN3S/c1-79(2,3)54-29-34-57(35-30-54)88(58-36-31-55(32-37-58)80(4,5)6)60-49-72-76-73(50-60)90(69-41-33-56(81(7,8)9)47-62(69)53-25-22-21-23-26-53)70-42-39-61-75-64(82(10,11)12)27-24-28-74(75)91-78(61)77(70)87(76)68-51-66-67(86(19,20)46-45-85(66,17)18)52-71(68)89(72)59-38-40-63-65(48-59)84(15,16)44-43-83(63,13)14/h21-42,47-52H,43-46H2,1-20H3. The average molecular weight is 1210 g/mol. The number of nitrogens with zero attached hydrogens (tertiary/aromatic N) is 3. The molecule has 3 nitrogen and oxygen atoms in total. The summed E-state index contributed by atoms with van der Waals surface area (Å²) in [7, 11) is 0. The van der Waals surface area contributed by atoms with Crippen LogP contribution in [0.25, 0.3) is 31.3 Å². The monoisotopic (exact) mass is 1210 g/mol. The lowest BCUT2D eigenvalue weighted by Crippen LogP contribution is -2.62. The molecule has 91 heavy (non-hydrogen) atoms. The van der Waals surface area contributed by atoms with Crippen LogP contribution in [0.2, 0.25) is 0 Å². The number of benzene rings is 9. The molecule has 9 aromatic carbocycles. The Labute approximate surface area is 550 Å². The lowest BCUT2D eigenvalue weighted by atomic mass is 9.33. The highest BCUT2D eigenvalue weighted by molar-refractivity contribution is 7.28. The van der Waals surface area contributed by atoms with Gasteiger partial charge in [-0.05, 0) is 214 Å². The molecule has 464 valence electrons. The SMILES string of the molecule is CC(C)(C)c1ccc(N(c2ccc(C(C)(C)C)cc2)c2cc3c4c(c2)N(c2ccc(C(C)(C)C)cc2-c2ccccc2)c2ccc5c(sc6cccc(C(C)(C)C)c65)c2B4c2cc4c(cc2N3c2ccc3c(c2)C(C)(C)CCC3(C)C)C(C)(C)CCC4(C)C)cc1. The number of hydrogen-bond donors (Lipinski definition) is 0. The minimum absolute atomic E-state index is 0.0120. The van der Waals surface area contributed by atoms with Crippen LogP contribution in [0, 0.1) is 0 Å². The summed E-state index contributed by atoms with van der Waals surface area (Å²) in [6.07, 6.45) is 4.57. The number of thiophene rings is 1. The van der Waals surface area contributed by atoms with Crippen LogP contribution in [-0.4, -0.2) is 6.71 Å². The number of anilines is 9. The first-order chi connectivity index (χ1) is 42.6. The second-order valence-corrected chi connectivity index (χ2v) is 35.5. The molecular weight excluding hydrogens is 1120 g/mol. The predicted molar refractivity (Wildman–Crippen MR) is 399 cm³/mol. The van der Waals surface area contributed by atoms with Crippen LogP contribution in [-0.2, 0) is 43.3 Å². The van der Waals surface area contributed by atoms with Crippen LogP contribution in [0.1, 0.15) is 209 Å². The molecule has 0 radical (unpaired) electrons. The van der Waals surface area contributed by atoms with Gasteiger partial charge < -0.3 is 14.7 Å². The zero-order valence-corrected chi connectivity index (χ0v) is 59.1. The molecule has 1 aromatic heterocycles. The molecule has 2 aliphatic carbocycles. The van der Waals surface area contributed by atoms with Crippen molar-refractivity contribution < 1.29 is 0 Å². The summed E-state index contributed by atoms with van der Waals surface area (Å²) in [6.45, 7) is 48.0. The normalized spacial score (nSPS) is 17.1. The van der Waals surface area contributed by atoms with Gasteiger partial charge in [-0.3, -0.25) is 0 Å². The van der Waals surface area contributed by atoms with Crippen LogP contribution in [0.15, 0.2) is 170 Å². The van der Waals surface area contributed by atoms with Crippen molar-refractivity contribution in [3.05, 3.63) is 214 Å². The number of hydrogen-bond acceptors (Lipinski definition) is 4. The fourth-order valence-corrected chi connectivity index (χ4v) is 17.4. The van der Waals surface area contributed by atoms with Crippen molar-refractivity contribution in [2.45, 2.75) is 207 Å². The molecule has 0 atom stereocenters. The summed E-state index contributed by atoms with van der Waals surface area (Å²) >= 11 is 2.01. The fourth-order valence-electron chi connectivity index (χ4n) is 16.1. The van der Waals surface area contributed by atoms with Gasteiger partial charge in [-0.25, -0.2) is 0 Å². The highest BCUT2D eigenvalue weighted by Gasteiger charge is 2.49. The molecule has 2 aliphatic heterocycles. The van der Waals surface area contributed by atoms with Gasteiger partial charge in [0.25, 0.3) is 6.71 Å². The molecule has 0 saturated heterocycles. The van der Waals surface area contributed by atoms with E-state index in [1.807, 2.05) is 11.3 Å². The first-order valence-electron chi connectivity index (χ1n) is 33.9. The molecule has 10 aromatic rings. The first kappa shape index (κ1) is 61.2. The summed E-state index contributed by atoms with van der Waals surface area (Å²) in [5.41, 5.74) is 28.3. The number of fused-ring (bicyclic) bond motifs is 10. The van der Waals surface area contributed by atoms with E-state index in [0.29, 0.717) is 0 Å². The van der Waals surface area contributed by atoms with Crippen LogP contribution in [0.5, 0.6) is 0 Å². The van der Waals surface area contributed by atoms with Crippen molar-refractivity contribution in [2.24, 2.45) is 0 Å². The second kappa shape index (κ2) is 20.6. The van der Waals surface area contributed by atoms with Crippen LogP contribution >= 0.6 is 11.3 Å². The highest BCUT2D eigenvalue weighted by Crippen LogP contribution is 2.56. The van der Waals surface area contributed by atoms with E-state index in [1.165, 1.54) is 126 Å². The van der Waals surface area contributed by atoms with Crippen LogP contribution in [0.3, 0.4) is 0 Å². The van der Waals surface area contributed by atoms with E-state index < -0.39 is 0 Å². The third kappa shape index (κ3) is 10.0. The Balaban J connectivity index is 1.19.